The number of aromatic nitrogens is 3. The van der Waals surface area contributed by atoms with E-state index in [1.165, 1.54) is 10.8 Å². The molecule has 2 aromatic rings. The van der Waals surface area contributed by atoms with Crippen LogP contribution < -0.4 is 11.1 Å². The lowest BCUT2D eigenvalue weighted by molar-refractivity contribution is -0.153. The molecule has 28 heavy (non-hydrogen) atoms. The number of nitrogens with zero attached hydrogens (tertiary/aromatic N) is 1. The summed E-state index contributed by atoms with van der Waals surface area (Å²) in [5.41, 5.74) is 0.0785. The Morgan fingerprint density at radius 1 is 1.14 bits per heavy atom. The normalized spacial score (nSPS) is 18.6. The minimum absolute atomic E-state index is 0.00860. The minimum Gasteiger partial charge on any atom is -0.461 e. The van der Waals surface area contributed by atoms with Crippen LogP contribution >= 0.6 is 0 Å². The molecule has 1 fully saturated rings. The third-order valence-electron chi connectivity index (χ3n) is 5.33. The van der Waals surface area contributed by atoms with Crippen LogP contribution in [0.4, 0.5) is 0 Å². The lowest BCUT2D eigenvalue weighted by atomic mass is 9.97. The molecule has 1 atom stereocenters. The SMILES string of the molecule is O=C(OC1CCCCC1)C(C1=CCC=CC=C1)n1ccc2[nH][nH]c(=O)c2c1=O. The number of rotatable bonds is 4. The fraction of sp³-hybridized carbons (Fsp3) is 0.381. The van der Waals surface area contributed by atoms with Gasteiger partial charge in [0.1, 0.15) is 11.5 Å². The molecule has 7 nitrogen and oxygen atoms in total. The van der Waals surface area contributed by atoms with Crippen molar-refractivity contribution in [2.45, 2.75) is 50.7 Å². The molecule has 2 aromatic heterocycles. The smallest absolute Gasteiger partial charge is 0.334 e. The molecule has 0 bridgehead atoms. The van der Waals surface area contributed by atoms with Crippen molar-refractivity contribution in [3.8, 4) is 0 Å². The summed E-state index contributed by atoms with van der Waals surface area (Å²) in [7, 11) is 0. The Labute approximate surface area is 161 Å². The maximum atomic E-state index is 13.2. The van der Waals surface area contributed by atoms with Crippen LogP contribution in [0.15, 0.2) is 57.8 Å². The van der Waals surface area contributed by atoms with E-state index in [2.05, 4.69) is 10.2 Å². The average Bonchev–Trinajstić information content (AvgIpc) is 2.90. The van der Waals surface area contributed by atoms with Gasteiger partial charge in [0.05, 0.1) is 5.52 Å². The summed E-state index contributed by atoms with van der Waals surface area (Å²) in [6, 6.07) is 0.693. The number of ether oxygens (including phenoxy) is 1. The van der Waals surface area contributed by atoms with Crippen LogP contribution in [0.3, 0.4) is 0 Å². The largest absolute Gasteiger partial charge is 0.461 e. The third kappa shape index (κ3) is 3.52. The van der Waals surface area contributed by atoms with Crippen molar-refractivity contribution in [1.82, 2.24) is 14.8 Å². The van der Waals surface area contributed by atoms with Crippen molar-refractivity contribution in [2.75, 3.05) is 0 Å². The number of pyridine rings is 1. The summed E-state index contributed by atoms with van der Waals surface area (Å²) in [5, 5.41) is 5.10. The van der Waals surface area contributed by atoms with E-state index in [1.807, 2.05) is 30.4 Å². The van der Waals surface area contributed by atoms with Crippen LogP contribution in [-0.4, -0.2) is 26.8 Å². The molecule has 4 rings (SSSR count). The first kappa shape index (κ1) is 18.3. The van der Waals surface area contributed by atoms with Gasteiger partial charge in [0.15, 0.2) is 6.04 Å². The van der Waals surface area contributed by atoms with Crippen LogP contribution in [0, 0.1) is 0 Å². The van der Waals surface area contributed by atoms with E-state index < -0.39 is 23.1 Å². The Balaban J connectivity index is 1.76. The number of carbonyl (C=O) groups is 1. The van der Waals surface area contributed by atoms with Gasteiger partial charge in [-0.25, -0.2) is 4.79 Å². The highest BCUT2D eigenvalue weighted by Gasteiger charge is 2.30. The second-order valence-electron chi connectivity index (χ2n) is 7.22. The molecule has 0 saturated heterocycles. The summed E-state index contributed by atoms with van der Waals surface area (Å²) >= 11 is 0. The van der Waals surface area contributed by atoms with Crippen LogP contribution in [0.5, 0.6) is 0 Å². The first-order valence-electron chi connectivity index (χ1n) is 9.70. The lowest BCUT2D eigenvalue weighted by Gasteiger charge is -2.26. The Morgan fingerprint density at radius 3 is 2.79 bits per heavy atom. The summed E-state index contributed by atoms with van der Waals surface area (Å²) < 4.78 is 7.10. The van der Waals surface area contributed by atoms with Gasteiger partial charge in [0.25, 0.3) is 11.1 Å². The molecule has 2 aliphatic carbocycles. The molecule has 2 N–H and O–H groups in total. The molecular formula is C21H23N3O4. The average molecular weight is 381 g/mol. The highest BCUT2D eigenvalue weighted by Crippen LogP contribution is 2.26. The molecule has 0 aliphatic heterocycles. The van der Waals surface area contributed by atoms with Crippen LogP contribution in [-0.2, 0) is 9.53 Å². The number of H-pyrrole nitrogens is 2. The molecule has 1 unspecified atom stereocenters. The Bertz CT molecular complexity index is 1080. The molecule has 2 heterocycles. The van der Waals surface area contributed by atoms with Gasteiger partial charge in [-0.3, -0.25) is 24.4 Å². The zero-order valence-electron chi connectivity index (χ0n) is 15.5. The Kier molecular flexibility index (Phi) is 5.14. The second-order valence-corrected chi connectivity index (χ2v) is 7.22. The van der Waals surface area contributed by atoms with Gasteiger partial charge >= 0.3 is 5.97 Å². The number of hydrogen-bond donors (Lipinski definition) is 2. The first-order valence-corrected chi connectivity index (χ1v) is 9.70. The van der Waals surface area contributed by atoms with Gasteiger partial charge in [-0.15, -0.1) is 0 Å². The van der Waals surface area contributed by atoms with Crippen LogP contribution in [0.25, 0.3) is 10.9 Å². The number of fused-ring (bicyclic) bond motifs is 1. The number of aromatic amines is 2. The summed E-state index contributed by atoms with van der Waals surface area (Å²) in [4.78, 5) is 38.2. The maximum Gasteiger partial charge on any atom is 0.334 e. The zero-order valence-corrected chi connectivity index (χ0v) is 15.5. The number of hydrogen-bond acceptors (Lipinski definition) is 4. The molecule has 0 aromatic carbocycles. The van der Waals surface area contributed by atoms with Crippen molar-refractivity contribution in [3.63, 3.8) is 0 Å². The lowest BCUT2D eigenvalue weighted by Crippen LogP contribution is -2.35. The highest BCUT2D eigenvalue weighted by molar-refractivity contribution is 5.81. The van der Waals surface area contributed by atoms with Crippen molar-refractivity contribution in [2.24, 2.45) is 0 Å². The monoisotopic (exact) mass is 381 g/mol. The topological polar surface area (TPSA) is 96.9 Å². The summed E-state index contributed by atoms with van der Waals surface area (Å²) in [6.45, 7) is 0. The standard InChI is InChI=1S/C21H23N3O4/c25-19-17-16(22-23-19)12-13-24(20(17)26)18(14-8-4-1-2-5-9-14)21(27)28-15-10-6-3-7-11-15/h1-2,4,8-9,12-13,15,18H,3,5-7,10-11H2,(H2,22,23,25). The molecule has 7 heteroatoms. The quantitative estimate of drug-likeness (QED) is 0.796. The van der Waals surface area contributed by atoms with Crippen LogP contribution in [0.1, 0.15) is 44.6 Å². The fourth-order valence-electron chi connectivity index (χ4n) is 3.88. The second kappa shape index (κ2) is 7.88. The molecule has 0 amide bonds. The minimum atomic E-state index is -0.927. The Hall–Kier alpha value is -3.09. The first-order chi connectivity index (χ1) is 13.6. The van der Waals surface area contributed by atoms with E-state index in [4.69, 9.17) is 4.74 Å². The third-order valence-corrected chi connectivity index (χ3v) is 5.33. The van der Waals surface area contributed by atoms with Gasteiger partial charge in [0.2, 0.25) is 0 Å². The molecule has 146 valence electrons. The summed E-state index contributed by atoms with van der Waals surface area (Å²) in [5.74, 6) is -0.460. The van der Waals surface area contributed by atoms with Crippen LogP contribution in [0.2, 0.25) is 0 Å². The highest BCUT2D eigenvalue weighted by atomic mass is 16.5. The molecule has 0 radical (unpaired) electrons. The number of allylic oxidation sites excluding steroid dienone is 5. The van der Waals surface area contributed by atoms with Gasteiger partial charge in [-0.1, -0.05) is 36.8 Å². The van der Waals surface area contributed by atoms with E-state index in [9.17, 15) is 14.4 Å². The van der Waals surface area contributed by atoms with Gasteiger partial charge < -0.3 is 4.74 Å². The van der Waals surface area contributed by atoms with E-state index >= 15 is 0 Å². The zero-order chi connectivity index (χ0) is 19.5. The van der Waals surface area contributed by atoms with Crippen molar-refractivity contribution < 1.29 is 9.53 Å². The molecule has 0 spiro atoms. The number of nitrogens with one attached hydrogen (secondary N) is 2. The van der Waals surface area contributed by atoms with E-state index in [-0.39, 0.29) is 11.5 Å². The van der Waals surface area contributed by atoms with Gasteiger partial charge in [-0.2, -0.15) is 0 Å². The predicted molar refractivity (Wildman–Crippen MR) is 106 cm³/mol. The Morgan fingerprint density at radius 2 is 1.96 bits per heavy atom. The predicted octanol–water partition coefficient (Wildman–Crippen LogP) is 2.88. The van der Waals surface area contributed by atoms with Gasteiger partial charge in [-0.05, 0) is 43.7 Å². The number of carbonyl (C=O) groups excluding carboxylic acids is 1. The van der Waals surface area contributed by atoms with Crippen molar-refractivity contribution >= 4 is 16.9 Å². The van der Waals surface area contributed by atoms with Gasteiger partial charge in [0, 0.05) is 6.20 Å². The number of esters is 1. The maximum absolute atomic E-state index is 13.2. The molecule has 1 saturated carbocycles. The van der Waals surface area contributed by atoms with Crippen molar-refractivity contribution in [3.05, 3.63) is 68.9 Å². The summed E-state index contributed by atoms with van der Waals surface area (Å²) in [6.07, 6.45) is 16.4. The fourth-order valence-corrected chi connectivity index (χ4v) is 3.88. The molecule has 2 aliphatic rings. The van der Waals surface area contributed by atoms with E-state index in [0.717, 1.165) is 32.1 Å². The van der Waals surface area contributed by atoms with E-state index in [1.54, 1.807) is 6.07 Å². The van der Waals surface area contributed by atoms with E-state index in [0.29, 0.717) is 17.5 Å². The van der Waals surface area contributed by atoms with Crippen molar-refractivity contribution in [1.29, 1.82) is 0 Å². The molecular weight excluding hydrogens is 358 g/mol.